The van der Waals surface area contributed by atoms with Crippen LogP contribution in [0.15, 0.2) is 18.2 Å². The molecular weight excluding hydrogens is 247 g/mol. The van der Waals surface area contributed by atoms with Crippen LogP contribution in [0.4, 0.5) is 13.2 Å². The molecule has 0 aromatic heterocycles. The molecule has 0 amide bonds. The van der Waals surface area contributed by atoms with Gasteiger partial charge in [-0.25, -0.2) is 0 Å². The van der Waals surface area contributed by atoms with Crippen molar-refractivity contribution >= 4 is 0 Å². The zero-order chi connectivity index (χ0) is 13.6. The van der Waals surface area contributed by atoms with Gasteiger partial charge in [0.2, 0.25) is 0 Å². The number of rotatable bonds is 6. The summed E-state index contributed by atoms with van der Waals surface area (Å²) in [4.78, 5) is 0. The van der Waals surface area contributed by atoms with Crippen molar-refractivity contribution in [1.29, 1.82) is 0 Å². The summed E-state index contributed by atoms with van der Waals surface area (Å²) in [6.07, 6.45) is -4.36. The number of benzene rings is 1. The summed E-state index contributed by atoms with van der Waals surface area (Å²) in [5.74, 6) is 0.409. The molecule has 3 nitrogen and oxygen atoms in total. The summed E-state index contributed by atoms with van der Waals surface area (Å²) >= 11 is 0. The third-order valence-electron chi connectivity index (χ3n) is 2.42. The molecule has 18 heavy (non-hydrogen) atoms. The fourth-order valence-corrected chi connectivity index (χ4v) is 1.52. The molecule has 0 aliphatic heterocycles. The third-order valence-corrected chi connectivity index (χ3v) is 2.42. The van der Waals surface area contributed by atoms with Crippen molar-refractivity contribution in [2.45, 2.75) is 12.7 Å². The Balaban J connectivity index is 2.83. The lowest BCUT2D eigenvalue weighted by atomic mass is 10.1. The summed E-state index contributed by atoms with van der Waals surface area (Å²) < 4.78 is 48.0. The smallest absolute Gasteiger partial charge is 0.416 e. The lowest BCUT2D eigenvalue weighted by Gasteiger charge is -2.14. The number of methoxy groups -OCH3 is 2. The van der Waals surface area contributed by atoms with E-state index < -0.39 is 11.7 Å². The van der Waals surface area contributed by atoms with E-state index in [1.165, 1.54) is 26.4 Å². The summed E-state index contributed by atoms with van der Waals surface area (Å²) in [5, 5.41) is 2.89. The van der Waals surface area contributed by atoms with Gasteiger partial charge in [0.25, 0.3) is 0 Å². The summed E-state index contributed by atoms with van der Waals surface area (Å²) in [5.41, 5.74) is -0.480. The van der Waals surface area contributed by atoms with E-state index in [4.69, 9.17) is 9.47 Å². The van der Waals surface area contributed by atoms with E-state index in [2.05, 4.69) is 5.32 Å². The van der Waals surface area contributed by atoms with Crippen molar-refractivity contribution in [2.75, 3.05) is 27.4 Å². The molecule has 0 bridgehead atoms. The molecule has 0 spiro atoms. The molecule has 0 saturated heterocycles. The van der Waals surface area contributed by atoms with Gasteiger partial charge in [0.05, 0.1) is 19.3 Å². The van der Waals surface area contributed by atoms with Crippen LogP contribution in [0, 0.1) is 0 Å². The molecule has 0 unspecified atom stereocenters. The van der Waals surface area contributed by atoms with E-state index in [1.54, 1.807) is 0 Å². The first-order valence-electron chi connectivity index (χ1n) is 5.42. The van der Waals surface area contributed by atoms with Gasteiger partial charge >= 0.3 is 6.18 Å². The fourth-order valence-electron chi connectivity index (χ4n) is 1.52. The molecular formula is C12H16F3NO2. The van der Waals surface area contributed by atoms with Crippen molar-refractivity contribution < 1.29 is 22.6 Å². The molecule has 1 rings (SSSR count). The zero-order valence-electron chi connectivity index (χ0n) is 10.3. The fraction of sp³-hybridized carbons (Fsp3) is 0.500. The van der Waals surface area contributed by atoms with Crippen LogP contribution in [0.5, 0.6) is 5.75 Å². The molecule has 0 atom stereocenters. The van der Waals surface area contributed by atoms with Crippen molar-refractivity contribution in [1.82, 2.24) is 5.32 Å². The van der Waals surface area contributed by atoms with Crippen LogP contribution in [0.25, 0.3) is 0 Å². The molecule has 0 aliphatic carbocycles. The van der Waals surface area contributed by atoms with Gasteiger partial charge in [0.1, 0.15) is 5.75 Å². The second kappa shape index (κ2) is 6.61. The van der Waals surface area contributed by atoms with Crippen LogP contribution >= 0.6 is 0 Å². The molecule has 0 aliphatic rings. The van der Waals surface area contributed by atoms with Crippen molar-refractivity contribution in [3.8, 4) is 5.75 Å². The minimum atomic E-state index is -4.36. The van der Waals surface area contributed by atoms with E-state index in [1.807, 2.05) is 0 Å². The first kappa shape index (κ1) is 14.8. The molecule has 0 fully saturated rings. The minimum absolute atomic E-state index is 0.120. The maximum Gasteiger partial charge on any atom is 0.416 e. The van der Waals surface area contributed by atoms with Crippen LogP contribution in [0.3, 0.4) is 0 Å². The van der Waals surface area contributed by atoms with Gasteiger partial charge < -0.3 is 14.8 Å². The third kappa shape index (κ3) is 4.19. The van der Waals surface area contributed by atoms with E-state index >= 15 is 0 Å². The summed E-state index contributed by atoms with van der Waals surface area (Å²) in [7, 11) is 2.96. The average molecular weight is 263 g/mol. The van der Waals surface area contributed by atoms with Crippen molar-refractivity contribution in [2.24, 2.45) is 0 Å². The Labute approximate surface area is 104 Å². The first-order chi connectivity index (χ1) is 8.49. The number of alkyl halides is 3. The Morgan fingerprint density at radius 2 is 1.94 bits per heavy atom. The molecule has 1 N–H and O–H groups in total. The second-order valence-electron chi connectivity index (χ2n) is 3.69. The van der Waals surface area contributed by atoms with E-state index in [9.17, 15) is 13.2 Å². The maximum atomic E-state index is 12.8. The van der Waals surface area contributed by atoms with Gasteiger partial charge in [-0.15, -0.1) is 0 Å². The van der Waals surface area contributed by atoms with Crippen LogP contribution < -0.4 is 10.1 Å². The Kier molecular flexibility index (Phi) is 5.43. The van der Waals surface area contributed by atoms with Crippen LogP contribution in [-0.2, 0) is 17.5 Å². The molecule has 0 heterocycles. The highest BCUT2D eigenvalue weighted by molar-refractivity contribution is 5.37. The monoisotopic (exact) mass is 263 g/mol. The largest absolute Gasteiger partial charge is 0.497 e. The van der Waals surface area contributed by atoms with Crippen LogP contribution in [0.2, 0.25) is 0 Å². The maximum absolute atomic E-state index is 12.8. The van der Waals surface area contributed by atoms with Gasteiger partial charge in [0.15, 0.2) is 0 Å². The highest BCUT2D eigenvalue weighted by Crippen LogP contribution is 2.33. The Bertz CT molecular complexity index is 380. The topological polar surface area (TPSA) is 30.5 Å². The molecule has 0 radical (unpaired) electrons. The lowest BCUT2D eigenvalue weighted by Crippen LogP contribution is -2.21. The number of ether oxygens (including phenoxy) is 2. The molecule has 102 valence electrons. The van der Waals surface area contributed by atoms with Gasteiger partial charge in [-0.1, -0.05) is 0 Å². The number of nitrogens with one attached hydrogen (secondary N) is 1. The number of hydrogen-bond donors (Lipinski definition) is 1. The van der Waals surface area contributed by atoms with E-state index in [0.717, 1.165) is 6.07 Å². The number of hydrogen-bond acceptors (Lipinski definition) is 3. The Morgan fingerprint density at radius 1 is 1.22 bits per heavy atom. The van der Waals surface area contributed by atoms with Gasteiger partial charge in [-0.05, 0) is 23.8 Å². The molecule has 1 aromatic rings. The van der Waals surface area contributed by atoms with Gasteiger partial charge in [-0.2, -0.15) is 13.2 Å². The highest BCUT2D eigenvalue weighted by Gasteiger charge is 2.33. The highest BCUT2D eigenvalue weighted by atomic mass is 19.4. The Morgan fingerprint density at radius 3 is 2.50 bits per heavy atom. The van der Waals surface area contributed by atoms with Crippen molar-refractivity contribution in [3.05, 3.63) is 29.3 Å². The molecule has 1 aromatic carbocycles. The Hall–Kier alpha value is -1.27. The lowest BCUT2D eigenvalue weighted by molar-refractivity contribution is -0.138. The number of halogens is 3. The van der Waals surface area contributed by atoms with Gasteiger partial charge in [0, 0.05) is 20.2 Å². The van der Waals surface area contributed by atoms with E-state index in [-0.39, 0.29) is 12.1 Å². The molecule has 6 heteroatoms. The summed E-state index contributed by atoms with van der Waals surface area (Å²) in [6.45, 7) is 1.06. The predicted octanol–water partition coefficient (Wildman–Crippen LogP) is 2.45. The van der Waals surface area contributed by atoms with Crippen LogP contribution in [-0.4, -0.2) is 27.4 Å². The molecule has 0 saturated carbocycles. The van der Waals surface area contributed by atoms with E-state index in [0.29, 0.717) is 18.9 Å². The average Bonchev–Trinajstić information content (AvgIpc) is 2.33. The normalized spacial score (nSPS) is 11.6. The standard InChI is InChI=1S/C12H16F3NO2/c1-17-6-5-16-8-9-7-10(18-2)3-4-11(9)12(13,14)15/h3-4,7,16H,5-6,8H2,1-2H3. The predicted molar refractivity (Wildman–Crippen MR) is 61.6 cm³/mol. The van der Waals surface area contributed by atoms with Crippen LogP contribution in [0.1, 0.15) is 11.1 Å². The second-order valence-corrected chi connectivity index (χ2v) is 3.69. The first-order valence-corrected chi connectivity index (χ1v) is 5.42. The zero-order valence-corrected chi connectivity index (χ0v) is 10.3. The van der Waals surface area contributed by atoms with Crippen molar-refractivity contribution in [3.63, 3.8) is 0 Å². The summed E-state index contributed by atoms with van der Waals surface area (Å²) in [6, 6.07) is 3.73. The SMILES string of the molecule is COCCNCc1cc(OC)ccc1C(F)(F)F. The van der Waals surface area contributed by atoms with Gasteiger partial charge in [-0.3, -0.25) is 0 Å². The minimum Gasteiger partial charge on any atom is -0.497 e. The quantitative estimate of drug-likeness (QED) is 0.800.